The van der Waals surface area contributed by atoms with Gasteiger partial charge in [0.05, 0.1) is 18.2 Å². The van der Waals surface area contributed by atoms with Crippen LogP contribution in [0.4, 0.5) is 13.2 Å². The monoisotopic (exact) mass is 398 g/mol. The van der Waals surface area contributed by atoms with Gasteiger partial charge in [-0.25, -0.2) is 0 Å². The van der Waals surface area contributed by atoms with Gasteiger partial charge >= 0.3 is 12.1 Å². The Balaban J connectivity index is 1.89. The SMILES string of the molecule is CC1CN([C@@H](c2cccc(C(F)(F)F)c2)c2cccs2)CCN1CC(=O)O. The number of carboxylic acids is 1. The van der Waals surface area contributed by atoms with Gasteiger partial charge in [-0.3, -0.25) is 14.6 Å². The smallest absolute Gasteiger partial charge is 0.416 e. The fraction of sp³-hybridized carbons (Fsp3) is 0.421. The summed E-state index contributed by atoms with van der Waals surface area (Å²) in [6.45, 7) is 3.67. The Hall–Kier alpha value is -1.90. The van der Waals surface area contributed by atoms with Crippen molar-refractivity contribution in [2.75, 3.05) is 26.2 Å². The first-order valence-electron chi connectivity index (χ1n) is 8.66. The summed E-state index contributed by atoms with van der Waals surface area (Å²) >= 11 is 1.51. The molecule has 3 rings (SSSR count). The van der Waals surface area contributed by atoms with Crippen LogP contribution in [0.1, 0.15) is 29.0 Å². The number of aliphatic carboxylic acids is 1. The highest BCUT2D eigenvalue weighted by Gasteiger charge is 2.34. The summed E-state index contributed by atoms with van der Waals surface area (Å²) in [5.41, 5.74) is -0.0507. The molecule has 0 aliphatic carbocycles. The molecule has 1 unspecified atom stereocenters. The van der Waals surface area contributed by atoms with Gasteiger partial charge in [0, 0.05) is 30.6 Å². The van der Waals surface area contributed by atoms with Crippen molar-refractivity contribution >= 4 is 17.3 Å². The van der Waals surface area contributed by atoms with Crippen LogP contribution in [0, 0.1) is 0 Å². The Bertz CT molecular complexity index is 780. The maximum atomic E-state index is 13.2. The summed E-state index contributed by atoms with van der Waals surface area (Å²) in [5, 5.41) is 11.0. The first kappa shape index (κ1) is 19.9. The van der Waals surface area contributed by atoms with Gasteiger partial charge in [-0.05, 0) is 36.1 Å². The minimum absolute atomic E-state index is 0.00288. The minimum atomic E-state index is -4.39. The van der Waals surface area contributed by atoms with E-state index in [1.54, 1.807) is 6.07 Å². The molecule has 1 aliphatic heterocycles. The van der Waals surface area contributed by atoms with Gasteiger partial charge < -0.3 is 5.11 Å². The highest BCUT2D eigenvalue weighted by atomic mass is 32.1. The summed E-state index contributed by atoms with van der Waals surface area (Å²) < 4.78 is 39.5. The van der Waals surface area contributed by atoms with Gasteiger partial charge in [0.1, 0.15) is 0 Å². The van der Waals surface area contributed by atoms with Crippen LogP contribution in [-0.2, 0) is 11.0 Å². The van der Waals surface area contributed by atoms with Gasteiger partial charge in [-0.1, -0.05) is 18.2 Å². The van der Waals surface area contributed by atoms with Crippen molar-refractivity contribution in [2.45, 2.75) is 25.2 Å². The predicted octanol–water partition coefficient (Wildman–Crippen LogP) is 3.95. The van der Waals surface area contributed by atoms with Crippen molar-refractivity contribution in [2.24, 2.45) is 0 Å². The third-order valence-electron chi connectivity index (χ3n) is 4.84. The van der Waals surface area contributed by atoms with Crippen molar-refractivity contribution in [1.82, 2.24) is 9.80 Å². The molecule has 1 N–H and O–H groups in total. The summed E-state index contributed by atoms with van der Waals surface area (Å²) in [5.74, 6) is -0.872. The maximum Gasteiger partial charge on any atom is 0.416 e. The molecule has 1 aromatic carbocycles. The number of carbonyl (C=O) groups is 1. The number of carboxylic acid groups (broad SMARTS) is 1. The fourth-order valence-electron chi connectivity index (χ4n) is 3.55. The molecule has 1 aromatic heterocycles. The van der Waals surface area contributed by atoms with Gasteiger partial charge in [-0.2, -0.15) is 13.2 Å². The zero-order valence-corrected chi connectivity index (χ0v) is 15.6. The second-order valence-electron chi connectivity index (χ2n) is 6.75. The average Bonchev–Trinajstić information content (AvgIpc) is 3.11. The van der Waals surface area contributed by atoms with Crippen molar-refractivity contribution in [3.63, 3.8) is 0 Å². The number of rotatable bonds is 5. The lowest BCUT2D eigenvalue weighted by Gasteiger charge is -2.42. The average molecular weight is 398 g/mol. The fourth-order valence-corrected chi connectivity index (χ4v) is 4.44. The topological polar surface area (TPSA) is 43.8 Å². The van der Waals surface area contributed by atoms with Crippen molar-refractivity contribution < 1.29 is 23.1 Å². The molecule has 2 aromatic rings. The van der Waals surface area contributed by atoms with Crippen LogP contribution in [0.3, 0.4) is 0 Å². The van der Waals surface area contributed by atoms with Gasteiger partial charge in [-0.15, -0.1) is 11.3 Å². The molecule has 1 fully saturated rings. The number of alkyl halides is 3. The number of thiophene rings is 1. The molecule has 0 saturated carbocycles. The Labute approximate surface area is 159 Å². The van der Waals surface area contributed by atoms with Gasteiger partial charge in [0.2, 0.25) is 0 Å². The molecule has 146 valence electrons. The van der Waals surface area contributed by atoms with E-state index in [4.69, 9.17) is 5.11 Å². The quantitative estimate of drug-likeness (QED) is 0.829. The molecule has 8 heteroatoms. The first-order chi connectivity index (χ1) is 12.8. The lowest BCUT2D eigenvalue weighted by Crippen LogP contribution is -2.54. The number of nitrogens with zero attached hydrogens (tertiary/aromatic N) is 2. The molecule has 0 amide bonds. The normalized spacial score (nSPS) is 20.5. The van der Waals surface area contributed by atoms with E-state index in [0.717, 1.165) is 10.9 Å². The molecule has 4 nitrogen and oxygen atoms in total. The highest BCUT2D eigenvalue weighted by Crippen LogP contribution is 2.36. The molecule has 0 radical (unpaired) electrons. The molecular formula is C19H21F3N2O2S. The van der Waals surface area contributed by atoms with E-state index in [-0.39, 0.29) is 18.6 Å². The minimum Gasteiger partial charge on any atom is -0.480 e. The molecule has 27 heavy (non-hydrogen) atoms. The van der Waals surface area contributed by atoms with Crippen LogP contribution in [-0.4, -0.2) is 53.1 Å². The van der Waals surface area contributed by atoms with E-state index in [1.165, 1.54) is 23.5 Å². The van der Waals surface area contributed by atoms with E-state index in [2.05, 4.69) is 4.90 Å². The first-order valence-corrected chi connectivity index (χ1v) is 9.54. The molecule has 1 aliphatic rings. The van der Waals surface area contributed by atoms with Gasteiger partial charge in [0.25, 0.3) is 0 Å². The largest absolute Gasteiger partial charge is 0.480 e. The number of hydrogen-bond acceptors (Lipinski definition) is 4. The van der Waals surface area contributed by atoms with E-state index in [9.17, 15) is 18.0 Å². The zero-order chi connectivity index (χ0) is 19.6. The van der Waals surface area contributed by atoms with Crippen LogP contribution in [0.25, 0.3) is 0 Å². The standard InChI is InChI=1S/C19H21F3N2O2S/c1-13-11-24(8-7-23(13)12-17(25)26)18(16-6-3-9-27-16)14-4-2-5-15(10-14)19(20,21)22/h2-6,9-10,13,18H,7-8,11-12H2,1H3,(H,25,26)/t13?,18-/m0/s1. The van der Waals surface area contributed by atoms with Crippen molar-refractivity contribution in [3.8, 4) is 0 Å². The third kappa shape index (κ3) is 4.69. The number of benzene rings is 1. The molecule has 0 spiro atoms. The van der Waals surface area contributed by atoms with E-state index in [0.29, 0.717) is 25.2 Å². The Kier molecular flexibility index (Phi) is 5.88. The van der Waals surface area contributed by atoms with E-state index < -0.39 is 17.7 Å². The molecule has 2 atom stereocenters. The zero-order valence-electron chi connectivity index (χ0n) is 14.8. The Morgan fingerprint density at radius 1 is 1.30 bits per heavy atom. The van der Waals surface area contributed by atoms with Crippen LogP contribution in [0.5, 0.6) is 0 Å². The Morgan fingerprint density at radius 3 is 2.67 bits per heavy atom. The molecule has 1 saturated heterocycles. The third-order valence-corrected chi connectivity index (χ3v) is 5.77. The highest BCUT2D eigenvalue weighted by molar-refractivity contribution is 7.10. The second kappa shape index (κ2) is 8.00. The lowest BCUT2D eigenvalue weighted by atomic mass is 9.99. The van der Waals surface area contributed by atoms with Crippen LogP contribution >= 0.6 is 11.3 Å². The molecular weight excluding hydrogens is 377 g/mol. The summed E-state index contributed by atoms with van der Waals surface area (Å²) in [4.78, 5) is 16.0. The van der Waals surface area contributed by atoms with Crippen LogP contribution in [0.15, 0.2) is 41.8 Å². The van der Waals surface area contributed by atoms with E-state index in [1.807, 2.05) is 29.3 Å². The van der Waals surface area contributed by atoms with Gasteiger partial charge in [0.15, 0.2) is 0 Å². The van der Waals surface area contributed by atoms with Crippen LogP contribution < -0.4 is 0 Å². The van der Waals surface area contributed by atoms with E-state index >= 15 is 0 Å². The number of hydrogen-bond donors (Lipinski definition) is 1. The van der Waals surface area contributed by atoms with Crippen LogP contribution in [0.2, 0.25) is 0 Å². The summed E-state index contributed by atoms with van der Waals surface area (Å²) in [7, 11) is 0. The maximum absolute atomic E-state index is 13.2. The number of piperazine rings is 1. The summed E-state index contributed by atoms with van der Waals surface area (Å²) in [6.07, 6.45) is -4.39. The summed E-state index contributed by atoms with van der Waals surface area (Å²) in [6, 6.07) is 9.04. The van der Waals surface area contributed by atoms with Crippen molar-refractivity contribution in [1.29, 1.82) is 0 Å². The molecule has 2 heterocycles. The lowest BCUT2D eigenvalue weighted by molar-refractivity contribution is -0.139. The van der Waals surface area contributed by atoms with Crippen molar-refractivity contribution in [3.05, 3.63) is 57.8 Å². The molecule has 0 bridgehead atoms. The second-order valence-corrected chi connectivity index (χ2v) is 7.73. The number of halogens is 3. The predicted molar refractivity (Wildman–Crippen MR) is 97.8 cm³/mol. The Morgan fingerprint density at radius 2 is 2.07 bits per heavy atom.